The first-order valence-electron chi connectivity index (χ1n) is 6.00. The number of carboxylic acid groups (broad SMARTS) is 1. The van der Waals surface area contributed by atoms with Crippen molar-refractivity contribution in [2.45, 2.75) is 45.2 Å². The third-order valence-corrected chi connectivity index (χ3v) is 3.75. The molecule has 1 saturated heterocycles. The lowest BCUT2D eigenvalue weighted by Crippen LogP contribution is -2.59. The molecule has 94 valence electrons. The van der Waals surface area contributed by atoms with E-state index in [9.17, 15) is 4.79 Å². The predicted octanol–water partition coefficient (Wildman–Crippen LogP) is 1.27. The number of carboxylic acids is 1. The van der Waals surface area contributed by atoms with E-state index in [1.54, 1.807) is 0 Å². The second-order valence-electron chi connectivity index (χ2n) is 5.49. The van der Waals surface area contributed by atoms with Crippen LogP contribution < -0.4 is 0 Å². The summed E-state index contributed by atoms with van der Waals surface area (Å²) in [5.41, 5.74) is 0.190. The van der Waals surface area contributed by atoms with Gasteiger partial charge in [0.05, 0.1) is 0 Å². The molecule has 1 fully saturated rings. The van der Waals surface area contributed by atoms with Crippen LogP contribution in [-0.2, 0) is 4.79 Å². The molecular weight excluding hydrogens is 204 g/mol. The maximum absolute atomic E-state index is 10.5. The topological polar surface area (TPSA) is 43.8 Å². The molecule has 0 aromatic heterocycles. The molecule has 1 N–H and O–H groups in total. The van der Waals surface area contributed by atoms with Gasteiger partial charge < -0.3 is 5.11 Å². The zero-order valence-corrected chi connectivity index (χ0v) is 10.9. The van der Waals surface area contributed by atoms with E-state index >= 15 is 0 Å². The summed E-state index contributed by atoms with van der Waals surface area (Å²) in [6.07, 6.45) is 1.02. The lowest BCUT2D eigenvalue weighted by molar-refractivity contribution is -0.137. The molecule has 1 atom stereocenters. The zero-order chi connectivity index (χ0) is 12.3. The number of nitrogens with zero attached hydrogens (tertiary/aromatic N) is 2. The van der Waals surface area contributed by atoms with Gasteiger partial charge in [-0.3, -0.25) is 14.6 Å². The smallest absolute Gasteiger partial charge is 0.303 e. The van der Waals surface area contributed by atoms with Crippen molar-refractivity contribution < 1.29 is 9.90 Å². The van der Waals surface area contributed by atoms with Crippen LogP contribution in [0.15, 0.2) is 0 Å². The maximum Gasteiger partial charge on any atom is 0.303 e. The number of rotatable bonds is 4. The van der Waals surface area contributed by atoms with Crippen LogP contribution in [0.3, 0.4) is 0 Å². The molecule has 0 saturated carbocycles. The molecule has 0 radical (unpaired) electrons. The molecule has 1 aliphatic heterocycles. The normalized spacial score (nSPS) is 24.2. The Morgan fingerprint density at radius 3 is 2.56 bits per heavy atom. The third kappa shape index (κ3) is 3.46. The number of hydrogen-bond acceptors (Lipinski definition) is 3. The van der Waals surface area contributed by atoms with Gasteiger partial charge in [-0.05, 0) is 34.2 Å². The summed E-state index contributed by atoms with van der Waals surface area (Å²) >= 11 is 0. The SMILES string of the molecule is CC(CCC(=O)O)N1CCN(C)C(C)(C)C1. The molecule has 1 heterocycles. The summed E-state index contributed by atoms with van der Waals surface area (Å²) in [7, 11) is 2.15. The van der Waals surface area contributed by atoms with Crippen LogP contribution >= 0.6 is 0 Å². The van der Waals surface area contributed by atoms with Crippen LogP contribution in [0.25, 0.3) is 0 Å². The lowest BCUT2D eigenvalue weighted by atomic mass is 9.97. The van der Waals surface area contributed by atoms with Gasteiger partial charge >= 0.3 is 5.97 Å². The highest BCUT2D eigenvalue weighted by molar-refractivity contribution is 5.66. The molecular formula is C12H24N2O2. The minimum absolute atomic E-state index is 0.190. The Morgan fingerprint density at radius 2 is 2.06 bits per heavy atom. The number of carbonyl (C=O) groups is 1. The van der Waals surface area contributed by atoms with E-state index in [-0.39, 0.29) is 12.0 Å². The van der Waals surface area contributed by atoms with Gasteiger partial charge in [-0.15, -0.1) is 0 Å². The minimum Gasteiger partial charge on any atom is -0.481 e. The Hall–Kier alpha value is -0.610. The van der Waals surface area contributed by atoms with E-state index in [4.69, 9.17) is 5.11 Å². The fourth-order valence-electron chi connectivity index (χ4n) is 2.17. The largest absolute Gasteiger partial charge is 0.481 e. The summed E-state index contributed by atoms with van der Waals surface area (Å²) < 4.78 is 0. The van der Waals surface area contributed by atoms with E-state index < -0.39 is 5.97 Å². The van der Waals surface area contributed by atoms with Gasteiger partial charge in [0, 0.05) is 37.6 Å². The molecule has 0 aliphatic carbocycles. The van der Waals surface area contributed by atoms with Gasteiger partial charge in [0.1, 0.15) is 0 Å². The van der Waals surface area contributed by atoms with Crippen molar-refractivity contribution in [2.75, 3.05) is 26.7 Å². The highest BCUT2D eigenvalue weighted by Crippen LogP contribution is 2.21. The van der Waals surface area contributed by atoms with Crippen LogP contribution in [0.4, 0.5) is 0 Å². The predicted molar refractivity (Wildman–Crippen MR) is 64.6 cm³/mol. The van der Waals surface area contributed by atoms with E-state index in [1.165, 1.54) is 0 Å². The number of piperazine rings is 1. The molecule has 16 heavy (non-hydrogen) atoms. The fraction of sp³-hybridized carbons (Fsp3) is 0.917. The van der Waals surface area contributed by atoms with Gasteiger partial charge in [0.15, 0.2) is 0 Å². The van der Waals surface area contributed by atoms with Gasteiger partial charge in [0.25, 0.3) is 0 Å². The van der Waals surface area contributed by atoms with E-state index in [0.29, 0.717) is 6.04 Å². The third-order valence-electron chi connectivity index (χ3n) is 3.75. The molecule has 0 amide bonds. The molecule has 0 aromatic rings. The Balaban J connectivity index is 2.46. The van der Waals surface area contributed by atoms with Crippen molar-refractivity contribution in [3.63, 3.8) is 0 Å². The van der Waals surface area contributed by atoms with Crippen LogP contribution in [-0.4, -0.2) is 59.1 Å². The zero-order valence-electron chi connectivity index (χ0n) is 10.9. The molecule has 1 unspecified atom stereocenters. The Bertz CT molecular complexity index is 253. The fourth-order valence-corrected chi connectivity index (χ4v) is 2.17. The quantitative estimate of drug-likeness (QED) is 0.787. The van der Waals surface area contributed by atoms with Gasteiger partial charge in [0.2, 0.25) is 0 Å². The molecule has 1 rings (SSSR count). The Kier molecular flexibility index (Phi) is 4.33. The van der Waals surface area contributed by atoms with Gasteiger partial charge in [-0.2, -0.15) is 0 Å². The van der Waals surface area contributed by atoms with Crippen molar-refractivity contribution in [3.05, 3.63) is 0 Å². The van der Waals surface area contributed by atoms with Crippen LogP contribution in [0.1, 0.15) is 33.6 Å². The Labute approximate surface area is 98.2 Å². The maximum atomic E-state index is 10.5. The molecule has 0 spiro atoms. The van der Waals surface area contributed by atoms with Crippen LogP contribution in [0.2, 0.25) is 0 Å². The highest BCUT2D eigenvalue weighted by atomic mass is 16.4. The summed E-state index contributed by atoms with van der Waals surface area (Å²) in [6.45, 7) is 9.73. The highest BCUT2D eigenvalue weighted by Gasteiger charge is 2.32. The summed E-state index contributed by atoms with van der Waals surface area (Å²) in [6, 6.07) is 0.365. The van der Waals surface area contributed by atoms with Crippen LogP contribution in [0, 0.1) is 0 Å². The van der Waals surface area contributed by atoms with Crippen molar-refractivity contribution in [1.82, 2.24) is 9.80 Å². The van der Waals surface area contributed by atoms with Crippen molar-refractivity contribution >= 4 is 5.97 Å². The number of aliphatic carboxylic acids is 1. The lowest BCUT2D eigenvalue weighted by Gasteiger charge is -2.47. The van der Waals surface area contributed by atoms with E-state index in [2.05, 4.69) is 37.6 Å². The second kappa shape index (κ2) is 5.15. The molecule has 4 nitrogen and oxygen atoms in total. The van der Waals surface area contributed by atoms with Crippen molar-refractivity contribution in [1.29, 1.82) is 0 Å². The average molecular weight is 228 g/mol. The van der Waals surface area contributed by atoms with Crippen molar-refractivity contribution in [2.24, 2.45) is 0 Å². The molecule has 1 aliphatic rings. The van der Waals surface area contributed by atoms with Gasteiger partial charge in [-0.25, -0.2) is 0 Å². The minimum atomic E-state index is -0.694. The first-order valence-corrected chi connectivity index (χ1v) is 6.00. The van der Waals surface area contributed by atoms with E-state index in [0.717, 1.165) is 26.1 Å². The van der Waals surface area contributed by atoms with Crippen LogP contribution in [0.5, 0.6) is 0 Å². The summed E-state index contributed by atoms with van der Waals surface area (Å²) in [4.78, 5) is 15.3. The monoisotopic (exact) mass is 228 g/mol. The standard InChI is InChI=1S/C12H24N2O2/c1-10(5-6-11(15)16)14-8-7-13(4)12(2,3)9-14/h10H,5-9H2,1-4H3,(H,15,16). The van der Waals surface area contributed by atoms with Gasteiger partial charge in [-0.1, -0.05) is 0 Å². The summed E-state index contributed by atoms with van der Waals surface area (Å²) in [5, 5.41) is 8.68. The Morgan fingerprint density at radius 1 is 1.44 bits per heavy atom. The van der Waals surface area contributed by atoms with Crippen molar-refractivity contribution in [3.8, 4) is 0 Å². The molecule has 0 bridgehead atoms. The molecule has 0 aromatic carbocycles. The molecule has 4 heteroatoms. The summed E-state index contributed by atoms with van der Waals surface area (Å²) in [5.74, 6) is -0.694. The second-order valence-corrected chi connectivity index (χ2v) is 5.49. The van der Waals surface area contributed by atoms with E-state index in [1.807, 2.05) is 0 Å². The first-order chi connectivity index (χ1) is 7.33. The first kappa shape index (κ1) is 13.5. The number of hydrogen-bond donors (Lipinski definition) is 1. The number of likely N-dealkylation sites (N-methyl/N-ethyl adjacent to an activating group) is 1. The average Bonchev–Trinajstić information content (AvgIpc) is 2.18.